The van der Waals surface area contributed by atoms with E-state index in [1.807, 2.05) is 32.0 Å². The van der Waals surface area contributed by atoms with Gasteiger partial charge in [0.05, 0.1) is 12.5 Å². The molecule has 0 radical (unpaired) electrons. The van der Waals surface area contributed by atoms with Gasteiger partial charge in [-0.15, -0.1) is 0 Å². The molecular formula is C17H25NO3. The highest BCUT2D eigenvalue weighted by molar-refractivity contribution is 5.67. The van der Waals surface area contributed by atoms with Crippen LogP contribution in [0.3, 0.4) is 0 Å². The zero-order chi connectivity index (χ0) is 15.4. The largest absolute Gasteiger partial charge is 0.481 e. The van der Waals surface area contributed by atoms with E-state index in [9.17, 15) is 9.90 Å². The van der Waals surface area contributed by atoms with E-state index in [1.165, 1.54) is 18.4 Å². The van der Waals surface area contributed by atoms with Crippen LogP contribution in [0.25, 0.3) is 0 Å². The van der Waals surface area contributed by atoms with Crippen LogP contribution in [0.2, 0.25) is 0 Å². The summed E-state index contributed by atoms with van der Waals surface area (Å²) < 4.78 is 0. The van der Waals surface area contributed by atoms with Gasteiger partial charge in [0.1, 0.15) is 0 Å². The lowest BCUT2D eigenvalue weighted by molar-refractivity contribution is -0.138. The molecule has 1 aromatic carbocycles. The third-order valence-corrected chi connectivity index (χ3v) is 4.45. The number of rotatable bonds is 6. The molecule has 0 amide bonds. The van der Waals surface area contributed by atoms with Crippen LogP contribution in [0.15, 0.2) is 18.2 Å². The maximum absolute atomic E-state index is 11.1. The number of benzene rings is 1. The van der Waals surface area contributed by atoms with Crippen molar-refractivity contribution in [2.24, 2.45) is 0 Å². The summed E-state index contributed by atoms with van der Waals surface area (Å²) in [5.74, 6) is -0.881. The number of aliphatic carboxylic acids is 1. The van der Waals surface area contributed by atoms with Crippen LogP contribution < -0.4 is 5.32 Å². The minimum atomic E-state index is -0.881. The van der Waals surface area contributed by atoms with Crippen molar-refractivity contribution in [1.29, 1.82) is 0 Å². The molecule has 1 aliphatic carbocycles. The molecule has 0 bridgehead atoms. The maximum Gasteiger partial charge on any atom is 0.305 e. The van der Waals surface area contributed by atoms with Gasteiger partial charge in [-0.25, -0.2) is 0 Å². The number of aliphatic hydroxyl groups excluding tert-OH is 1. The summed E-state index contributed by atoms with van der Waals surface area (Å²) in [6.45, 7) is 4.03. The minimum Gasteiger partial charge on any atom is -0.481 e. The molecular weight excluding hydrogens is 266 g/mol. The molecule has 1 aromatic rings. The third-order valence-electron chi connectivity index (χ3n) is 4.45. The smallest absolute Gasteiger partial charge is 0.305 e. The Morgan fingerprint density at radius 2 is 1.95 bits per heavy atom. The summed E-state index contributed by atoms with van der Waals surface area (Å²) in [4.78, 5) is 11.1. The monoisotopic (exact) mass is 291 g/mol. The fraction of sp³-hybridized carbons (Fsp3) is 0.588. The van der Waals surface area contributed by atoms with Gasteiger partial charge in [-0.1, -0.05) is 31.0 Å². The number of aryl methyl sites for hydroxylation is 2. The highest BCUT2D eigenvalue weighted by Gasteiger charge is 2.27. The summed E-state index contributed by atoms with van der Waals surface area (Å²) in [5, 5.41) is 23.0. The first kappa shape index (κ1) is 16.0. The van der Waals surface area contributed by atoms with Gasteiger partial charge >= 0.3 is 5.97 Å². The number of carboxylic acids is 1. The number of hydrogen-bond donors (Lipinski definition) is 3. The molecule has 21 heavy (non-hydrogen) atoms. The van der Waals surface area contributed by atoms with E-state index in [-0.39, 0.29) is 6.42 Å². The Morgan fingerprint density at radius 3 is 2.52 bits per heavy atom. The second kappa shape index (κ2) is 7.05. The molecule has 1 saturated carbocycles. The first-order chi connectivity index (χ1) is 9.97. The van der Waals surface area contributed by atoms with Crippen LogP contribution in [0.5, 0.6) is 0 Å². The SMILES string of the molecule is Cc1ccc(C(O)C(CC(=O)O)NC2CCCC2)cc1C. The molecule has 2 rings (SSSR count). The summed E-state index contributed by atoms with van der Waals surface area (Å²) >= 11 is 0. The zero-order valence-corrected chi connectivity index (χ0v) is 12.8. The van der Waals surface area contributed by atoms with E-state index < -0.39 is 18.1 Å². The molecule has 1 fully saturated rings. The van der Waals surface area contributed by atoms with Crippen molar-refractivity contribution in [3.05, 3.63) is 34.9 Å². The highest BCUT2D eigenvalue weighted by Crippen LogP contribution is 2.25. The number of aliphatic hydroxyl groups is 1. The molecule has 4 nitrogen and oxygen atoms in total. The highest BCUT2D eigenvalue weighted by atomic mass is 16.4. The average Bonchev–Trinajstić information content (AvgIpc) is 2.93. The van der Waals surface area contributed by atoms with Crippen molar-refractivity contribution in [3.63, 3.8) is 0 Å². The molecule has 0 spiro atoms. The summed E-state index contributed by atoms with van der Waals surface area (Å²) in [7, 11) is 0. The number of nitrogens with one attached hydrogen (secondary N) is 1. The molecule has 4 heteroatoms. The molecule has 1 aliphatic rings. The molecule has 0 aromatic heterocycles. The van der Waals surface area contributed by atoms with Gasteiger partial charge in [-0.2, -0.15) is 0 Å². The van der Waals surface area contributed by atoms with Crippen molar-refractivity contribution in [3.8, 4) is 0 Å². The number of carbonyl (C=O) groups is 1. The molecule has 0 aliphatic heterocycles. The Bertz CT molecular complexity index is 495. The molecule has 2 atom stereocenters. The van der Waals surface area contributed by atoms with Crippen molar-refractivity contribution in [2.75, 3.05) is 0 Å². The minimum absolute atomic E-state index is 0.0649. The Hall–Kier alpha value is -1.39. The lowest BCUT2D eigenvalue weighted by Crippen LogP contribution is -2.42. The van der Waals surface area contributed by atoms with E-state index in [2.05, 4.69) is 5.32 Å². The average molecular weight is 291 g/mol. The fourth-order valence-electron chi connectivity index (χ4n) is 3.03. The lowest BCUT2D eigenvalue weighted by Gasteiger charge is -2.27. The topological polar surface area (TPSA) is 69.6 Å². The van der Waals surface area contributed by atoms with Gasteiger partial charge in [0.2, 0.25) is 0 Å². The van der Waals surface area contributed by atoms with E-state index in [1.54, 1.807) is 0 Å². The number of carboxylic acid groups (broad SMARTS) is 1. The number of hydrogen-bond acceptors (Lipinski definition) is 3. The van der Waals surface area contributed by atoms with Crippen LogP contribution in [0.1, 0.15) is 54.9 Å². The van der Waals surface area contributed by atoms with Gasteiger partial charge in [-0.05, 0) is 43.4 Å². The summed E-state index contributed by atoms with van der Waals surface area (Å²) in [5.41, 5.74) is 3.07. The predicted molar refractivity (Wildman–Crippen MR) is 82.3 cm³/mol. The maximum atomic E-state index is 11.1. The van der Waals surface area contributed by atoms with Gasteiger partial charge in [0.15, 0.2) is 0 Å². The van der Waals surface area contributed by atoms with E-state index in [4.69, 9.17) is 5.11 Å². The van der Waals surface area contributed by atoms with Gasteiger partial charge in [-0.3, -0.25) is 4.79 Å². The normalized spacial score (nSPS) is 18.6. The van der Waals surface area contributed by atoms with E-state index >= 15 is 0 Å². The first-order valence-corrected chi connectivity index (χ1v) is 7.70. The predicted octanol–water partition coefficient (Wildman–Crippen LogP) is 2.71. The molecule has 0 heterocycles. The second-order valence-electron chi connectivity index (χ2n) is 6.14. The van der Waals surface area contributed by atoms with Crippen molar-refractivity contribution in [2.45, 2.75) is 64.1 Å². The Balaban J connectivity index is 2.13. The standard InChI is InChI=1S/C17H25NO3/c1-11-7-8-13(9-12(11)2)17(21)15(10-16(19)20)18-14-5-3-4-6-14/h7-9,14-15,17-18,21H,3-6,10H2,1-2H3,(H,19,20). The van der Waals surface area contributed by atoms with Crippen LogP contribution in [0, 0.1) is 13.8 Å². The summed E-state index contributed by atoms with van der Waals surface area (Å²) in [6.07, 6.45) is 3.63. The Kier molecular flexibility index (Phi) is 5.37. The quantitative estimate of drug-likeness (QED) is 0.753. The van der Waals surface area contributed by atoms with Crippen LogP contribution in [-0.2, 0) is 4.79 Å². The molecule has 2 unspecified atom stereocenters. The molecule has 0 saturated heterocycles. The fourth-order valence-corrected chi connectivity index (χ4v) is 3.03. The van der Waals surface area contributed by atoms with Crippen molar-refractivity contribution >= 4 is 5.97 Å². The lowest BCUT2D eigenvalue weighted by atomic mass is 9.95. The van der Waals surface area contributed by atoms with Gasteiger partial charge < -0.3 is 15.5 Å². The Morgan fingerprint density at radius 1 is 1.29 bits per heavy atom. The van der Waals surface area contributed by atoms with E-state index in [0.29, 0.717) is 6.04 Å². The van der Waals surface area contributed by atoms with Gasteiger partial charge in [0, 0.05) is 12.1 Å². The second-order valence-corrected chi connectivity index (χ2v) is 6.14. The van der Waals surface area contributed by atoms with Gasteiger partial charge in [0.25, 0.3) is 0 Å². The van der Waals surface area contributed by atoms with Crippen LogP contribution in [-0.4, -0.2) is 28.3 Å². The Labute approximate surface area is 126 Å². The summed E-state index contributed by atoms with van der Waals surface area (Å²) in [6, 6.07) is 5.70. The molecule has 116 valence electrons. The van der Waals surface area contributed by atoms with E-state index in [0.717, 1.165) is 24.0 Å². The van der Waals surface area contributed by atoms with Crippen molar-refractivity contribution < 1.29 is 15.0 Å². The first-order valence-electron chi connectivity index (χ1n) is 7.70. The van der Waals surface area contributed by atoms with Crippen LogP contribution in [0.4, 0.5) is 0 Å². The van der Waals surface area contributed by atoms with Crippen LogP contribution >= 0.6 is 0 Å². The third kappa shape index (κ3) is 4.29. The zero-order valence-electron chi connectivity index (χ0n) is 12.8. The van der Waals surface area contributed by atoms with Crippen molar-refractivity contribution in [1.82, 2.24) is 5.32 Å². The molecule has 3 N–H and O–H groups in total.